The zero-order valence-corrected chi connectivity index (χ0v) is 11.3. The maximum atomic E-state index is 10.5. The van der Waals surface area contributed by atoms with Gasteiger partial charge in [0.15, 0.2) is 12.0 Å². The molecule has 0 N–H and O–H groups in total. The zero-order valence-electron chi connectivity index (χ0n) is 8.41. The Labute approximate surface area is 116 Å². The Kier molecular flexibility index (Phi) is 3.50. The molecule has 1 aromatic heterocycles. The van der Waals surface area contributed by atoms with Gasteiger partial charge in [-0.15, -0.1) is 0 Å². The van der Waals surface area contributed by atoms with Crippen molar-refractivity contribution in [3.05, 3.63) is 44.2 Å². The van der Waals surface area contributed by atoms with Gasteiger partial charge in [0.1, 0.15) is 11.8 Å². The van der Waals surface area contributed by atoms with Gasteiger partial charge in [0, 0.05) is 9.13 Å². The third-order valence-corrected chi connectivity index (χ3v) is 3.39. The van der Waals surface area contributed by atoms with Gasteiger partial charge in [0.05, 0.1) is 10.6 Å². The number of benzene rings is 1. The third kappa shape index (κ3) is 2.35. The van der Waals surface area contributed by atoms with Gasteiger partial charge in [-0.1, -0.05) is 11.6 Å². The lowest BCUT2D eigenvalue weighted by atomic mass is 10.1. The summed E-state index contributed by atoms with van der Waals surface area (Å²) in [7, 11) is 0. The van der Waals surface area contributed by atoms with Crippen molar-refractivity contribution < 1.29 is 9.21 Å². The highest BCUT2D eigenvalue weighted by molar-refractivity contribution is 14.1. The molecule has 0 saturated carbocycles. The topological polar surface area (TPSA) is 54.0 Å². The number of hydrogen-bond donors (Lipinski definition) is 0. The summed E-state index contributed by atoms with van der Waals surface area (Å²) in [6.07, 6.45) is 0.640. The largest absolute Gasteiger partial charge is 0.453 e. The summed E-state index contributed by atoms with van der Waals surface area (Å²) in [5.74, 6) is 0.819. The number of nitrogens with zero attached hydrogens (tertiary/aromatic N) is 1. The predicted molar refractivity (Wildman–Crippen MR) is 72.0 cm³/mol. The molecule has 0 bridgehead atoms. The minimum Gasteiger partial charge on any atom is -0.453 e. The van der Waals surface area contributed by atoms with E-state index in [-0.39, 0.29) is 5.76 Å². The van der Waals surface area contributed by atoms with Crippen molar-refractivity contribution >= 4 is 40.5 Å². The molecule has 1 aromatic carbocycles. The van der Waals surface area contributed by atoms with Crippen LogP contribution in [0, 0.1) is 14.9 Å². The molecule has 84 valence electrons. The van der Waals surface area contributed by atoms with Gasteiger partial charge >= 0.3 is 0 Å². The number of furan rings is 1. The second-order valence-electron chi connectivity index (χ2n) is 3.24. The summed E-state index contributed by atoms with van der Waals surface area (Å²) in [5.41, 5.74) is 1.18. The van der Waals surface area contributed by atoms with E-state index in [1.165, 1.54) is 0 Å². The summed E-state index contributed by atoms with van der Waals surface area (Å²) in [4.78, 5) is 10.5. The molecule has 0 aliphatic rings. The maximum Gasteiger partial charge on any atom is 0.185 e. The molecule has 0 radical (unpaired) electrons. The van der Waals surface area contributed by atoms with Crippen molar-refractivity contribution in [3.63, 3.8) is 0 Å². The average Bonchev–Trinajstić information content (AvgIpc) is 2.80. The minimum atomic E-state index is 0.260. The second kappa shape index (κ2) is 4.90. The van der Waals surface area contributed by atoms with E-state index in [4.69, 9.17) is 21.3 Å². The number of hydrogen-bond acceptors (Lipinski definition) is 3. The maximum absolute atomic E-state index is 10.5. The number of rotatable bonds is 2. The molecular formula is C12H5ClINO2. The van der Waals surface area contributed by atoms with E-state index < -0.39 is 0 Å². The van der Waals surface area contributed by atoms with Crippen LogP contribution in [0.15, 0.2) is 28.7 Å². The van der Waals surface area contributed by atoms with Crippen LogP contribution in [0.2, 0.25) is 5.02 Å². The molecule has 0 aliphatic heterocycles. The van der Waals surface area contributed by atoms with Crippen LogP contribution in [0.3, 0.4) is 0 Å². The first-order valence-corrected chi connectivity index (χ1v) is 6.06. The molecule has 2 rings (SSSR count). The van der Waals surface area contributed by atoms with Crippen molar-refractivity contribution in [1.82, 2.24) is 0 Å². The average molecular weight is 358 g/mol. The molecule has 0 unspecified atom stereocenters. The smallest absolute Gasteiger partial charge is 0.185 e. The van der Waals surface area contributed by atoms with Crippen LogP contribution >= 0.6 is 34.2 Å². The first-order chi connectivity index (χ1) is 8.15. The second-order valence-corrected chi connectivity index (χ2v) is 4.81. The first-order valence-electron chi connectivity index (χ1n) is 4.60. The van der Waals surface area contributed by atoms with Gasteiger partial charge in [-0.25, -0.2) is 0 Å². The fraction of sp³-hybridized carbons (Fsp3) is 0. The van der Waals surface area contributed by atoms with E-state index in [2.05, 4.69) is 22.6 Å². The fourth-order valence-electron chi connectivity index (χ4n) is 1.38. The molecule has 0 fully saturated rings. The highest BCUT2D eigenvalue weighted by atomic mass is 127. The number of nitriles is 1. The van der Waals surface area contributed by atoms with Crippen LogP contribution < -0.4 is 0 Å². The normalized spacial score (nSPS) is 9.94. The molecule has 2 aromatic rings. The first kappa shape index (κ1) is 12.1. The van der Waals surface area contributed by atoms with Gasteiger partial charge in [0.25, 0.3) is 0 Å². The summed E-state index contributed by atoms with van der Waals surface area (Å²) in [6.45, 7) is 0. The number of aldehydes is 1. The van der Waals surface area contributed by atoms with Crippen molar-refractivity contribution in [2.45, 2.75) is 0 Å². The van der Waals surface area contributed by atoms with E-state index in [0.29, 0.717) is 22.6 Å². The number of carbonyl (C=O) groups excluding carboxylic acids is 1. The van der Waals surface area contributed by atoms with E-state index in [0.717, 1.165) is 9.13 Å². The Balaban J connectivity index is 2.56. The monoisotopic (exact) mass is 357 g/mol. The summed E-state index contributed by atoms with van der Waals surface area (Å²) < 4.78 is 6.16. The predicted octanol–water partition coefficient (Wildman–Crippen LogP) is 3.89. The van der Waals surface area contributed by atoms with Gasteiger partial charge < -0.3 is 4.42 Å². The third-order valence-electron chi connectivity index (χ3n) is 2.19. The molecule has 0 spiro atoms. The summed E-state index contributed by atoms with van der Waals surface area (Å²) in [6, 6.07) is 8.64. The highest BCUT2D eigenvalue weighted by Gasteiger charge is 2.11. The lowest BCUT2D eigenvalue weighted by molar-refractivity contribution is 0.110. The van der Waals surface area contributed by atoms with Gasteiger partial charge in [-0.2, -0.15) is 5.26 Å². The van der Waals surface area contributed by atoms with Crippen LogP contribution in [-0.2, 0) is 0 Å². The van der Waals surface area contributed by atoms with Crippen LogP contribution in [0.1, 0.15) is 16.1 Å². The van der Waals surface area contributed by atoms with E-state index in [1.807, 2.05) is 6.07 Å². The number of carbonyl (C=O) groups is 1. The van der Waals surface area contributed by atoms with Crippen molar-refractivity contribution in [2.24, 2.45) is 0 Å². The lowest BCUT2D eigenvalue weighted by Gasteiger charge is -2.03. The van der Waals surface area contributed by atoms with Crippen molar-refractivity contribution in [3.8, 4) is 17.4 Å². The molecule has 3 nitrogen and oxygen atoms in total. The van der Waals surface area contributed by atoms with Crippen LogP contribution in [-0.4, -0.2) is 6.29 Å². The Bertz CT molecular complexity index is 628. The quantitative estimate of drug-likeness (QED) is 0.605. The fourth-order valence-corrected chi connectivity index (χ4v) is 2.32. The minimum absolute atomic E-state index is 0.260. The molecule has 0 atom stereocenters. The van der Waals surface area contributed by atoms with Gasteiger partial charge in [0.2, 0.25) is 0 Å². The van der Waals surface area contributed by atoms with Gasteiger partial charge in [-0.3, -0.25) is 4.79 Å². The molecule has 17 heavy (non-hydrogen) atoms. The van der Waals surface area contributed by atoms with Gasteiger partial charge in [-0.05, 0) is 46.9 Å². The van der Waals surface area contributed by atoms with E-state index in [9.17, 15) is 4.79 Å². The van der Waals surface area contributed by atoms with E-state index >= 15 is 0 Å². The summed E-state index contributed by atoms with van der Waals surface area (Å²) in [5, 5.41) is 9.21. The number of halogens is 2. The molecule has 5 heteroatoms. The highest BCUT2D eigenvalue weighted by Crippen LogP contribution is 2.31. The molecular weight excluding hydrogens is 352 g/mol. The Morgan fingerprint density at radius 3 is 2.76 bits per heavy atom. The molecule has 0 amide bonds. The van der Waals surface area contributed by atoms with Crippen molar-refractivity contribution in [1.29, 1.82) is 5.26 Å². The van der Waals surface area contributed by atoms with Crippen molar-refractivity contribution in [2.75, 3.05) is 0 Å². The zero-order chi connectivity index (χ0) is 12.4. The standard InChI is InChI=1S/C12H5ClINO2/c13-10-4-9(11(14)3-7(10)5-15)12-2-1-8(6-16)17-12/h1-4,6H. The Morgan fingerprint density at radius 2 is 2.18 bits per heavy atom. The summed E-state index contributed by atoms with van der Waals surface area (Å²) >= 11 is 8.05. The molecule has 0 aliphatic carbocycles. The van der Waals surface area contributed by atoms with E-state index in [1.54, 1.807) is 24.3 Å². The van der Waals surface area contributed by atoms with Crippen LogP contribution in [0.4, 0.5) is 0 Å². The SMILES string of the molecule is N#Cc1cc(I)c(-c2ccc(C=O)o2)cc1Cl. The van der Waals surface area contributed by atoms with Crippen LogP contribution in [0.25, 0.3) is 11.3 Å². The lowest BCUT2D eigenvalue weighted by Crippen LogP contribution is -1.85. The Hall–Kier alpha value is -1.32. The van der Waals surface area contributed by atoms with Crippen LogP contribution in [0.5, 0.6) is 0 Å². The molecule has 1 heterocycles. The Morgan fingerprint density at radius 1 is 1.41 bits per heavy atom. The molecule has 0 saturated heterocycles.